The van der Waals surface area contributed by atoms with Gasteiger partial charge in [-0.3, -0.25) is 9.67 Å². The van der Waals surface area contributed by atoms with Crippen LogP contribution in [0.15, 0.2) is 49.2 Å². The van der Waals surface area contributed by atoms with Crippen molar-refractivity contribution in [1.82, 2.24) is 38.0 Å². The Morgan fingerprint density at radius 3 is 2.32 bits per heavy atom. The van der Waals surface area contributed by atoms with Crippen molar-refractivity contribution in [2.45, 2.75) is 6.54 Å². The van der Waals surface area contributed by atoms with Crippen LogP contribution in [0.4, 0.5) is 11.5 Å². The molecular weight excluding hydrogens is 593 g/mol. The van der Waals surface area contributed by atoms with E-state index in [4.69, 9.17) is 42.6 Å². The number of fused-ring (bicyclic) bond motifs is 1. The van der Waals surface area contributed by atoms with Gasteiger partial charge < -0.3 is 14.4 Å². The van der Waals surface area contributed by atoms with E-state index in [2.05, 4.69) is 15.1 Å². The van der Waals surface area contributed by atoms with Gasteiger partial charge in [0.25, 0.3) is 0 Å². The van der Waals surface area contributed by atoms with Crippen LogP contribution in [0.5, 0.6) is 11.5 Å². The highest BCUT2D eigenvalue weighted by atomic mass is 35.5. The minimum Gasteiger partial charge on any atom is -0.495 e. The van der Waals surface area contributed by atoms with Crippen molar-refractivity contribution in [3.05, 3.63) is 65.1 Å². The first-order valence-corrected chi connectivity index (χ1v) is 14.2. The predicted octanol–water partition coefficient (Wildman–Crippen LogP) is 3.94. The Labute approximate surface area is 246 Å². The van der Waals surface area contributed by atoms with E-state index in [0.29, 0.717) is 22.7 Å². The lowest BCUT2D eigenvalue weighted by molar-refractivity contribution is 0.394. The van der Waals surface area contributed by atoms with Crippen LogP contribution in [-0.2, 0) is 23.8 Å². The van der Waals surface area contributed by atoms with Gasteiger partial charge in [-0.15, -0.1) is 0 Å². The number of benzene rings is 1. The average Bonchev–Trinajstić information content (AvgIpc) is 3.61. The average molecular weight is 619 g/mol. The van der Waals surface area contributed by atoms with Crippen LogP contribution in [0.3, 0.4) is 0 Å². The standard InChI is InChI=1S/C25H25Cl2N9O4S/c1-33(2)41(37,38)36-9-8-28-21(36)14-35(24-22(26)18(39-4)10-19(40-5)23(24)27)20-7-6-16-25(32-20)31-17(12-29-16)15-11-30-34(3)13-15/h6-13H,14H2,1-5H3. The summed E-state index contributed by atoms with van der Waals surface area (Å²) in [6.45, 7) is -0.107. The Morgan fingerprint density at radius 1 is 1.00 bits per heavy atom. The lowest BCUT2D eigenvalue weighted by Crippen LogP contribution is -2.31. The van der Waals surface area contributed by atoms with E-state index in [1.165, 1.54) is 40.7 Å². The van der Waals surface area contributed by atoms with E-state index in [1.807, 2.05) is 13.2 Å². The molecule has 13 nitrogen and oxygen atoms in total. The second-order valence-corrected chi connectivity index (χ2v) is 11.7. The van der Waals surface area contributed by atoms with E-state index in [9.17, 15) is 8.42 Å². The molecule has 41 heavy (non-hydrogen) atoms. The molecule has 0 aliphatic carbocycles. The molecule has 214 valence electrons. The molecule has 4 heterocycles. The third-order valence-electron chi connectivity index (χ3n) is 6.18. The summed E-state index contributed by atoms with van der Waals surface area (Å²) < 4.78 is 40.9. The number of aryl methyl sites for hydroxylation is 1. The van der Waals surface area contributed by atoms with Crippen LogP contribution in [0.25, 0.3) is 22.4 Å². The van der Waals surface area contributed by atoms with Crippen LogP contribution < -0.4 is 14.4 Å². The molecule has 5 rings (SSSR count). The smallest absolute Gasteiger partial charge is 0.308 e. The predicted molar refractivity (Wildman–Crippen MR) is 155 cm³/mol. The molecule has 0 saturated heterocycles. The van der Waals surface area contributed by atoms with Crippen molar-refractivity contribution in [3.8, 4) is 22.8 Å². The number of hydrogen-bond donors (Lipinski definition) is 0. The molecule has 0 unspecified atom stereocenters. The van der Waals surface area contributed by atoms with Gasteiger partial charge in [-0.2, -0.15) is 17.8 Å². The molecule has 1 aromatic carbocycles. The fourth-order valence-electron chi connectivity index (χ4n) is 4.08. The first-order chi connectivity index (χ1) is 19.5. The molecule has 0 spiro atoms. The number of pyridine rings is 1. The molecule has 0 radical (unpaired) electrons. The van der Waals surface area contributed by atoms with E-state index in [1.54, 1.807) is 40.2 Å². The van der Waals surface area contributed by atoms with E-state index in [-0.39, 0.29) is 39.6 Å². The van der Waals surface area contributed by atoms with Crippen molar-refractivity contribution < 1.29 is 17.9 Å². The van der Waals surface area contributed by atoms with E-state index in [0.717, 1.165) is 13.8 Å². The lowest BCUT2D eigenvalue weighted by atomic mass is 10.2. The molecule has 0 amide bonds. The zero-order chi connectivity index (χ0) is 29.5. The Hall–Kier alpha value is -3.98. The monoisotopic (exact) mass is 617 g/mol. The fraction of sp³-hybridized carbons (Fsp3) is 0.240. The summed E-state index contributed by atoms with van der Waals surface area (Å²) in [6, 6.07) is 5.00. The number of imidazole rings is 1. The van der Waals surface area contributed by atoms with Gasteiger partial charge in [0.05, 0.1) is 44.5 Å². The molecule has 0 bridgehead atoms. The topological polar surface area (TPSA) is 133 Å². The number of anilines is 2. The van der Waals surface area contributed by atoms with Gasteiger partial charge in [0.2, 0.25) is 0 Å². The van der Waals surface area contributed by atoms with Crippen LogP contribution in [0, 0.1) is 0 Å². The maximum Gasteiger partial charge on any atom is 0.308 e. The highest BCUT2D eigenvalue weighted by molar-refractivity contribution is 7.87. The number of rotatable bonds is 9. The maximum absolute atomic E-state index is 13.0. The number of ether oxygens (including phenoxy) is 2. The van der Waals surface area contributed by atoms with Gasteiger partial charge >= 0.3 is 10.2 Å². The number of methoxy groups -OCH3 is 2. The maximum atomic E-state index is 13.0. The fourth-order valence-corrected chi connectivity index (χ4v) is 5.71. The summed E-state index contributed by atoms with van der Waals surface area (Å²) in [5.74, 6) is 1.09. The van der Waals surface area contributed by atoms with Crippen molar-refractivity contribution in [2.75, 3.05) is 33.2 Å². The first kappa shape index (κ1) is 28.5. The Bertz CT molecular complexity index is 1830. The molecule has 0 aliphatic rings. The summed E-state index contributed by atoms with van der Waals surface area (Å²) in [6.07, 6.45) is 7.89. The Kier molecular flexibility index (Phi) is 7.74. The number of halogens is 2. The van der Waals surface area contributed by atoms with Crippen molar-refractivity contribution in [1.29, 1.82) is 0 Å². The molecule has 0 saturated carbocycles. The minimum atomic E-state index is -3.89. The van der Waals surface area contributed by atoms with E-state index < -0.39 is 10.2 Å². The van der Waals surface area contributed by atoms with Gasteiger partial charge in [-0.05, 0) is 12.1 Å². The van der Waals surface area contributed by atoms with Crippen molar-refractivity contribution in [2.24, 2.45) is 7.05 Å². The zero-order valence-corrected chi connectivity index (χ0v) is 25.0. The minimum absolute atomic E-state index is 0.107. The summed E-state index contributed by atoms with van der Waals surface area (Å²) in [7, 11) is 3.70. The number of hydrogen-bond acceptors (Lipinski definition) is 10. The van der Waals surface area contributed by atoms with Crippen LogP contribution in [-0.4, -0.2) is 74.7 Å². The third-order valence-corrected chi connectivity index (χ3v) is 8.66. The van der Waals surface area contributed by atoms with Gasteiger partial charge in [-0.1, -0.05) is 23.2 Å². The lowest BCUT2D eigenvalue weighted by Gasteiger charge is -2.27. The van der Waals surface area contributed by atoms with E-state index >= 15 is 0 Å². The summed E-state index contributed by atoms with van der Waals surface area (Å²) in [5, 5.41) is 4.51. The normalized spacial score (nSPS) is 11.8. The SMILES string of the molecule is COc1cc(OC)c(Cl)c(N(Cc2nccn2S(=O)(=O)N(C)C)c2ccc3ncc(-c4cnn(C)c4)nc3n2)c1Cl. The van der Waals surface area contributed by atoms with Gasteiger partial charge in [-0.25, -0.2) is 18.9 Å². The highest BCUT2D eigenvalue weighted by Crippen LogP contribution is 2.48. The molecule has 4 aromatic heterocycles. The van der Waals surface area contributed by atoms with Crippen LogP contribution >= 0.6 is 23.2 Å². The molecular formula is C25H25Cl2N9O4S. The van der Waals surface area contributed by atoms with Crippen molar-refractivity contribution >= 4 is 56.1 Å². The molecule has 0 N–H and O–H groups in total. The van der Waals surface area contributed by atoms with Crippen molar-refractivity contribution in [3.63, 3.8) is 0 Å². The second kappa shape index (κ2) is 11.1. The van der Waals surface area contributed by atoms with Gasteiger partial charge in [0.1, 0.15) is 38.7 Å². The highest BCUT2D eigenvalue weighted by Gasteiger charge is 2.28. The Morgan fingerprint density at radius 2 is 1.71 bits per heavy atom. The Balaban J connectivity index is 1.72. The zero-order valence-electron chi connectivity index (χ0n) is 22.6. The van der Waals surface area contributed by atoms with Crippen LogP contribution in [0.2, 0.25) is 10.0 Å². The number of nitrogens with zero attached hydrogens (tertiary/aromatic N) is 9. The third kappa shape index (κ3) is 5.26. The number of aromatic nitrogens is 7. The summed E-state index contributed by atoms with van der Waals surface area (Å²) in [5.41, 5.74) is 2.49. The van der Waals surface area contributed by atoms with Crippen LogP contribution in [0.1, 0.15) is 5.82 Å². The summed E-state index contributed by atoms with van der Waals surface area (Å²) in [4.78, 5) is 19.9. The molecule has 16 heteroatoms. The second-order valence-electron chi connectivity index (χ2n) is 8.94. The molecule has 5 aromatic rings. The van der Waals surface area contributed by atoms with Gasteiger partial charge in [0.15, 0.2) is 5.65 Å². The molecule has 0 fully saturated rings. The summed E-state index contributed by atoms with van der Waals surface area (Å²) >= 11 is 13.6. The molecule has 0 atom stereocenters. The largest absolute Gasteiger partial charge is 0.495 e. The molecule has 0 aliphatic heterocycles. The first-order valence-electron chi connectivity index (χ1n) is 12.0. The quantitative estimate of drug-likeness (QED) is 0.239. The van der Waals surface area contributed by atoms with Gasteiger partial charge in [0, 0.05) is 51.4 Å².